The fourth-order valence-electron chi connectivity index (χ4n) is 2.32. The molecule has 1 aromatic carbocycles. The average molecular weight is 390 g/mol. The molecule has 0 fully saturated rings. The lowest BCUT2D eigenvalue weighted by atomic mass is 10.3. The number of hydrogen-bond acceptors (Lipinski definition) is 6. The Hall–Kier alpha value is -0.866. The van der Waals surface area contributed by atoms with Gasteiger partial charge in [0.1, 0.15) is 0 Å². The van der Waals surface area contributed by atoms with E-state index in [9.17, 15) is 17.6 Å². The Bertz CT molecular complexity index is 528. The Morgan fingerprint density at radius 2 is 0.667 bits per heavy atom. The van der Waals surface area contributed by atoms with Crippen LogP contribution in [0.5, 0.6) is 0 Å². The molecular weight excluding hydrogens is 372 g/mol. The molecule has 0 N–H and O–H groups in total. The molecule has 1 aromatic rings. The van der Waals surface area contributed by atoms with Crippen molar-refractivity contribution in [3.8, 4) is 0 Å². The average Bonchev–Trinajstić information content (AvgIpc) is 2.62. The largest absolute Gasteiger partial charge is 0.539 e. The van der Waals surface area contributed by atoms with Crippen LogP contribution in [0.2, 0.25) is 0 Å². The molecule has 0 radical (unpaired) electrons. The van der Waals surface area contributed by atoms with Gasteiger partial charge in [-0.05, 0) is 0 Å². The summed E-state index contributed by atoms with van der Waals surface area (Å²) in [5, 5.41) is -1.58. The zero-order valence-corrected chi connectivity index (χ0v) is 16.0. The molecule has 1 rings (SSSR count). The first kappa shape index (κ1) is 21.2. The van der Waals surface area contributed by atoms with Gasteiger partial charge in [-0.15, -0.1) is 0 Å². The molecule has 12 heteroatoms. The van der Waals surface area contributed by atoms with Gasteiger partial charge in [0.15, 0.2) is 23.3 Å². The van der Waals surface area contributed by atoms with E-state index in [1.54, 1.807) is 0 Å². The summed E-state index contributed by atoms with van der Waals surface area (Å²) in [6.07, 6.45) is 0. The van der Waals surface area contributed by atoms with Crippen molar-refractivity contribution in [3.05, 3.63) is 23.3 Å². The van der Waals surface area contributed by atoms with E-state index in [4.69, 9.17) is 26.6 Å². The van der Waals surface area contributed by atoms with Crippen LogP contribution in [-0.4, -0.2) is 60.3 Å². The minimum atomic E-state index is -4.15. The van der Waals surface area contributed by atoms with Crippen LogP contribution in [-0.2, 0) is 26.6 Å². The Kier molecular flexibility index (Phi) is 7.07. The fourth-order valence-corrected chi connectivity index (χ4v) is 7.05. The van der Waals surface area contributed by atoms with Gasteiger partial charge in [-0.2, -0.15) is 0 Å². The van der Waals surface area contributed by atoms with Crippen LogP contribution in [0, 0.1) is 23.3 Å². The van der Waals surface area contributed by atoms with E-state index in [0.717, 1.165) is 42.7 Å². The van der Waals surface area contributed by atoms with Crippen LogP contribution in [0.25, 0.3) is 0 Å². The second kappa shape index (κ2) is 8.01. The Morgan fingerprint density at radius 1 is 0.458 bits per heavy atom. The summed E-state index contributed by atoms with van der Waals surface area (Å²) < 4.78 is 87.3. The van der Waals surface area contributed by atoms with Crippen molar-refractivity contribution in [2.24, 2.45) is 0 Å². The summed E-state index contributed by atoms with van der Waals surface area (Å²) in [5.74, 6) is -7.55. The van der Waals surface area contributed by atoms with Crippen molar-refractivity contribution in [3.63, 3.8) is 0 Å². The van der Waals surface area contributed by atoms with Crippen molar-refractivity contribution in [2.75, 3.05) is 42.7 Å². The lowest BCUT2D eigenvalue weighted by Crippen LogP contribution is -2.71. The van der Waals surface area contributed by atoms with Crippen LogP contribution >= 0.6 is 0 Å². The summed E-state index contributed by atoms with van der Waals surface area (Å²) >= 11 is 0. The molecule has 0 saturated heterocycles. The van der Waals surface area contributed by atoms with E-state index < -0.39 is 51.3 Å². The zero-order chi connectivity index (χ0) is 18.7. The highest BCUT2D eigenvalue weighted by atomic mass is 28.4. The standard InChI is InChI=1S/C12H18F4O6Si2/c1-17-23(18-2,19-3)11-9(15)7(13)8(14)10(16)12(11)24(20-4,21-5)22-6/h1-6H3. The first-order valence-electron chi connectivity index (χ1n) is 6.43. The second-order valence-corrected chi connectivity index (χ2v) is 10.0. The van der Waals surface area contributed by atoms with Gasteiger partial charge < -0.3 is 26.6 Å². The molecule has 138 valence electrons. The van der Waals surface area contributed by atoms with Gasteiger partial charge in [-0.3, -0.25) is 0 Å². The predicted octanol–water partition coefficient (Wildman–Crippen LogP) is 0.413. The highest BCUT2D eigenvalue weighted by molar-refractivity contribution is 6.86. The quantitative estimate of drug-likeness (QED) is 0.278. The smallest absolute Gasteiger partial charge is 0.373 e. The van der Waals surface area contributed by atoms with Crippen molar-refractivity contribution in [2.45, 2.75) is 0 Å². The Balaban J connectivity index is 4.07. The van der Waals surface area contributed by atoms with Crippen LogP contribution in [0.1, 0.15) is 0 Å². The molecule has 0 spiro atoms. The summed E-state index contributed by atoms with van der Waals surface area (Å²) in [5.41, 5.74) is 0. The van der Waals surface area contributed by atoms with Gasteiger partial charge >= 0.3 is 17.6 Å². The summed E-state index contributed by atoms with van der Waals surface area (Å²) in [6.45, 7) is 0. The fraction of sp³-hybridized carbons (Fsp3) is 0.500. The number of hydrogen-bond donors (Lipinski definition) is 0. The molecule has 0 aromatic heterocycles. The molecular formula is C12H18F4O6Si2. The molecule has 0 atom stereocenters. The molecule has 0 saturated carbocycles. The topological polar surface area (TPSA) is 55.4 Å². The van der Waals surface area contributed by atoms with Gasteiger partial charge in [-0.1, -0.05) is 0 Å². The molecule has 24 heavy (non-hydrogen) atoms. The molecule has 0 aliphatic carbocycles. The first-order chi connectivity index (χ1) is 11.3. The minimum Gasteiger partial charge on any atom is -0.373 e. The van der Waals surface area contributed by atoms with Gasteiger partial charge in [-0.25, -0.2) is 17.6 Å². The Labute approximate surface area is 138 Å². The second-order valence-electron chi connectivity index (χ2n) is 4.34. The van der Waals surface area contributed by atoms with Crippen molar-refractivity contribution >= 4 is 28.0 Å². The third kappa shape index (κ3) is 3.03. The van der Waals surface area contributed by atoms with Crippen LogP contribution in [0.15, 0.2) is 0 Å². The predicted molar refractivity (Wildman–Crippen MR) is 79.1 cm³/mol. The molecule has 6 nitrogen and oxygen atoms in total. The normalized spacial score (nSPS) is 12.8. The third-order valence-electron chi connectivity index (χ3n) is 3.49. The molecule has 0 aliphatic heterocycles. The summed E-state index contributed by atoms with van der Waals surface area (Å²) in [7, 11) is -1.74. The molecule has 0 amide bonds. The van der Waals surface area contributed by atoms with Gasteiger partial charge in [0.25, 0.3) is 0 Å². The van der Waals surface area contributed by atoms with Crippen molar-refractivity contribution in [1.82, 2.24) is 0 Å². The first-order valence-corrected chi connectivity index (χ1v) is 9.88. The number of benzene rings is 1. The minimum absolute atomic E-state index is 0.788. The van der Waals surface area contributed by atoms with E-state index in [1.165, 1.54) is 0 Å². The number of halogens is 4. The Morgan fingerprint density at radius 3 is 0.833 bits per heavy atom. The van der Waals surface area contributed by atoms with E-state index in [-0.39, 0.29) is 0 Å². The van der Waals surface area contributed by atoms with Crippen molar-refractivity contribution in [1.29, 1.82) is 0 Å². The summed E-state index contributed by atoms with van der Waals surface area (Å²) in [4.78, 5) is 0. The maximum absolute atomic E-state index is 14.6. The highest BCUT2D eigenvalue weighted by Crippen LogP contribution is 2.20. The van der Waals surface area contributed by atoms with Crippen LogP contribution in [0.3, 0.4) is 0 Å². The van der Waals surface area contributed by atoms with E-state index >= 15 is 0 Å². The SMILES string of the molecule is CO[Si](OC)(OC)c1c(F)c(F)c(F)c(F)c1[Si](OC)(OC)OC. The van der Waals surface area contributed by atoms with Crippen LogP contribution < -0.4 is 10.4 Å². The molecule has 0 unspecified atom stereocenters. The molecule has 0 heterocycles. The molecule has 0 aliphatic rings. The molecule has 0 bridgehead atoms. The van der Waals surface area contributed by atoms with Gasteiger partial charge in [0.2, 0.25) is 0 Å². The lowest BCUT2D eigenvalue weighted by Gasteiger charge is -2.32. The number of rotatable bonds is 8. The van der Waals surface area contributed by atoms with E-state index in [0.29, 0.717) is 0 Å². The third-order valence-corrected chi connectivity index (χ3v) is 9.13. The lowest BCUT2D eigenvalue weighted by molar-refractivity contribution is 0.132. The maximum Gasteiger partial charge on any atom is 0.539 e. The van der Waals surface area contributed by atoms with Gasteiger partial charge in [0.05, 0.1) is 10.4 Å². The maximum atomic E-state index is 14.6. The van der Waals surface area contributed by atoms with E-state index in [1.807, 2.05) is 0 Å². The summed E-state index contributed by atoms with van der Waals surface area (Å²) in [6, 6.07) is 0. The van der Waals surface area contributed by atoms with Gasteiger partial charge in [0, 0.05) is 42.7 Å². The van der Waals surface area contributed by atoms with Crippen molar-refractivity contribution < 1.29 is 44.1 Å². The highest BCUT2D eigenvalue weighted by Gasteiger charge is 2.57. The van der Waals surface area contributed by atoms with Crippen LogP contribution in [0.4, 0.5) is 17.6 Å². The monoisotopic (exact) mass is 390 g/mol. The van der Waals surface area contributed by atoms with E-state index in [2.05, 4.69) is 0 Å². The zero-order valence-electron chi connectivity index (χ0n) is 14.0.